The molecule has 0 aromatic carbocycles. The molecule has 126 heavy (non-hydrogen) atoms. The molecule has 10 saturated heterocycles. The van der Waals surface area contributed by atoms with Crippen LogP contribution in [0.2, 0.25) is 0 Å². The van der Waals surface area contributed by atoms with Crippen LogP contribution in [0.15, 0.2) is 0 Å². The second-order valence-corrected chi connectivity index (χ2v) is 32.6. The van der Waals surface area contributed by atoms with E-state index in [1.807, 2.05) is 0 Å². The predicted octanol–water partition coefficient (Wildman–Crippen LogP) is -21.4. The Balaban J connectivity index is 1.00. The molecule has 0 unspecified atom stereocenters. The van der Waals surface area contributed by atoms with Crippen molar-refractivity contribution in [3.63, 3.8) is 0 Å². The molecule has 10 fully saturated rings. The Bertz CT molecular complexity index is 3570. The molecule has 730 valence electrons. The Morgan fingerprint density at radius 3 is 0.960 bits per heavy atom. The molecule has 0 spiro atoms. The number of hydrogen-bond acceptors (Lipinski definition) is 52. The van der Waals surface area contributed by atoms with Gasteiger partial charge in [-0.1, -0.05) is 0 Å². The lowest BCUT2D eigenvalue weighted by Gasteiger charge is -2.51. The van der Waals surface area contributed by atoms with Gasteiger partial charge in [-0.2, -0.15) is 8.42 Å². The van der Waals surface area contributed by atoms with Gasteiger partial charge < -0.3 is 244 Å². The molecule has 10 aliphatic heterocycles. The molecule has 0 aromatic rings. The van der Waals surface area contributed by atoms with Crippen LogP contribution in [0.25, 0.3) is 0 Å². The number of carbonyl (C=O) groups is 4. The van der Waals surface area contributed by atoms with Crippen LogP contribution in [0.4, 0.5) is 0 Å². The summed E-state index contributed by atoms with van der Waals surface area (Å²) in [7, 11) is -5.53. The summed E-state index contributed by atoms with van der Waals surface area (Å²) in [5.41, 5.74) is 0. The Morgan fingerprint density at radius 1 is 0.262 bits per heavy atom. The van der Waals surface area contributed by atoms with Gasteiger partial charge in [-0.05, 0) is 6.92 Å². The van der Waals surface area contributed by atoms with Gasteiger partial charge in [0.05, 0.1) is 65.6 Å². The van der Waals surface area contributed by atoms with E-state index < -0.39 is 400 Å². The molecule has 58 heteroatoms. The van der Waals surface area contributed by atoms with E-state index in [0.717, 1.165) is 27.7 Å². The van der Waals surface area contributed by atoms with E-state index in [0.29, 0.717) is 0 Å². The topological polar surface area (TPSA) is 881 Å². The van der Waals surface area contributed by atoms with Crippen molar-refractivity contribution in [2.24, 2.45) is 0 Å². The third-order valence-corrected chi connectivity index (χ3v) is 23.1. The third kappa shape index (κ3) is 23.6. The number of carbonyl (C=O) groups excluding carboxylic acids is 4. The van der Waals surface area contributed by atoms with Crippen LogP contribution in [0.3, 0.4) is 0 Å². The predicted molar refractivity (Wildman–Crippen MR) is 385 cm³/mol. The molecular formula is C68H114N4O53S. The molecule has 4 amide bonds. The number of rotatable bonds is 33. The van der Waals surface area contributed by atoms with E-state index >= 15 is 0 Å². The van der Waals surface area contributed by atoms with Crippen molar-refractivity contribution in [2.45, 2.75) is 341 Å². The monoisotopic (exact) mass is 1870 g/mol. The first-order chi connectivity index (χ1) is 59.3. The SMILES string of the molecule is CC(=O)N[C@@H]1[C@H](O[C@@H]2[C@@H](O[C@@H]3[C@H](O)[C@H](O[C@H]4[C@H](O)[C@@H](NC(C)=O)[C@H](O[C@H]5[C@H](O)[C@@H](NC(C)=O)[C@H](O)O[C@@H]5CO[C@@H]5O[C@@H](C)[C@@H](O)[C@@H](O)[C@@H]5O)O[C@@H]4CO)O[C@H](CO[C@H]4O[C@H](CO)[C@@H](O)[C@H](O)[C@@H]4O[C@@H]4O[C@H](CO)[C@@H](O[C@@H]5O[C@H](CO)[C@H](O)[C@H](O)[C@H]5O)[C@H](O)[C@H]4NC(C)=O)[C@H]3O)O[C@H](CO)[C@@H](O)[C@@H]2O)O[C@H](COS(=O)(=O)O)[C@@H](O[C@@H]2O[C@H](CO)[C@H](O)[C@H](O)[C@H]2O)[C@@H]1O. The summed E-state index contributed by atoms with van der Waals surface area (Å²) in [5.74, 6) is -3.93. The minimum Gasteiger partial charge on any atom is -0.394 e. The summed E-state index contributed by atoms with van der Waals surface area (Å²) in [6, 6.07) is -7.95. The van der Waals surface area contributed by atoms with Gasteiger partial charge in [0.25, 0.3) is 0 Å². The zero-order valence-electron chi connectivity index (χ0n) is 67.3. The summed E-state index contributed by atoms with van der Waals surface area (Å²) >= 11 is 0. The summed E-state index contributed by atoms with van der Waals surface area (Å²) < 4.78 is 151. The lowest BCUT2D eigenvalue weighted by atomic mass is 9.93. The Morgan fingerprint density at radius 2 is 0.548 bits per heavy atom. The normalized spacial score (nSPS) is 48.6. The average molecular weight is 1870 g/mol. The summed E-state index contributed by atoms with van der Waals surface area (Å²) in [4.78, 5) is 51.8. The van der Waals surface area contributed by atoms with Crippen molar-refractivity contribution in [1.82, 2.24) is 21.3 Å². The van der Waals surface area contributed by atoms with Crippen LogP contribution >= 0.6 is 0 Å². The Labute approximate surface area is 713 Å². The highest BCUT2D eigenvalue weighted by Gasteiger charge is 2.62. The van der Waals surface area contributed by atoms with E-state index in [9.17, 15) is 165 Å². The van der Waals surface area contributed by atoms with Crippen molar-refractivity contribution in [2.75, 3.05) is 59.5 Å². The van der Waals surface area contributed by atoms with Crippen molar-refractivity contribution < 1.29 is 259 Å². The maximum absolute atomic E-state index is 13.3. The Kier molecular flexibility index (Phi) is 37.0. The van der Waals surface area contributed by atoms with E-state index in [4.69, 9.17) is 90.0 Å². The molecule has 10 rings (SSSR count). The van der Waals surface area contributed by atoms with Crippen LogP contribution in [0.5, 0.6) is 0 Å². The third-order valence-electron chi connectivity index (χ3n) is 22.6. The molecule has 57 nitrogen and oxygen atoms in total. The smallest absolute Gasteiger partial charge is 0.394 e. The second-order valence-electron chi connectivity index (χ2n) is 31.5. The molecule has 0 bridgehead atoms. The highest BCUT2D eigenvalue weighted by atomic mass is 32.3. The maximum atomic E-state index is 13.3. The zero-order valence-corrected chi connectivity index (χ0v) is 68.1. The molecule has 0 saturated carbocycles. The highest BCUT2D eigenvalue weighted by Crippen LogP contribution is 2.41. The lowest BCUT2D eigenvalue weighted by molar-refractivity contribution is -0.399. The Hall–Kier alpha value is -4.05. The van der Waals surface area contributed by atoms with Crippen LogP contribution in [0.1, 0.15) is 34.6 Å². The summed E-state index contributed by atoms with van der Waals surface area (Å²) in [5, 5.41) is 300. The average Bonchev–Trinajstić information content (AvgIpc) is 0.762. The molecule has 0 aromatic heterocycles. The molecule has 31 N–H and O–H groups in total. The van der Waals surface area contributed by atoms with Crippen LogP contribution in [-0.4, -0.2) is 536 Å². The number of aliphatic hydroxyl groups excluding tert-OH is 26. The molecule has 10 heterocycles. The van der Waals surface area contributed by atoms with Gasteiger partial charge in [-0.15, -0.1) is 0 Å². The fourth-order valence-electron chi connectivity index (χ4n) is 15.9. The van der Waals surface area contributed by atoms with Gasteiger partial charge in [-0.3, -0.25) is 23.7 Å². The fraction of sp³-hybridized carbons (Fsp3) is 0.941. The first kappa shape index (κ1) is 104. The van der Waals surface area contributed by atoms with E-state index in [1.54, 1.807) is 0 Å². The van der Waals surface area contributed by atoms with Gasteiger partial charge in [0, 0.05) is 27.7 Å². The number of amides is 4. The quantitative estimate of drug-likeness (QED) is 0.0271. The van der Waals surface area contributed by atoms with Gasteiger partial charge >= 0.3 is 10.4 Å². The van der Waals surface area contributed by atoms with Crippen molar-refractivity contribution in [3.05, 3.63) is 0 Å². The molecular weight excluding hydrogens is 1750 g/mol. The zero-order chi connectivity index (χ0) is 93.0. The van der Waals surface area contributed by atoms with Gasteiger partial charge in [0.15, 0.2) is 62.9 Å². The molecule has 10 aliphatic rings. The largest absolute Gasteiger partial charge is 0.397 e. The highest BCUT2D eigenvalue weighted by molar-refractivity contribution is 7.80. The van der Waals surface area contributed by atoms with Crippen LogP contribution in [-0.2, 0) is 124 Å². The van der Waals surface area contributed by atoms with Crippen LogP contribution < -0.4 is 21.3 Å². The van der Waals surface area contributed by atoms with Gasteiger partial charge in [-0.25, -0.2) is 4.18 Å². The fourth-order valence-corrected chi connectivity index (χ4v) is 16.2. The number of ether oxygens (including phenoxy) is 19. The van der Waals surface area contributed by atoms with E-state index in [-0.39, 0.29) is 0 Å². The van der Waals surface area contributed by atoms with Gasteiger partial charge in [0.1, 0.15) is 238 Å². The second kappa shape index (κ2) is 44.9. The number of nitrogens with one attached hydrogen (secondary N) is 4. The molecule has 50 atom stereocenters. The molecule has 0 radical (unpaired) electrons. The van der Waals surface area contributed by atoms with E-state index in [1.165, 1.54) is 6.92 Å². The van der Waals surface area contributed by atoms with E-state index in [2.05, 4.69) is 25.5 Å². The first-order valence-corrected chi connectivity index (χ1v) is 41.0. The van der Waals surface area contributed by atoms with Crippen molar-refractivity contribution >= 4 is 34.0 Å². The number of aliphatic hydroxyl groups is 26. The molecule has 0 aliphatic carbocycles. The minimum absolute atomic E-state index is 0.848. The first-order valence-electron chi connectivity index (χ1n) is 39.7. The lowest BCUT2D eigenvalue weighted by Crippen LogP contribution is -2.71. The van der Waals surface area contributed by atoms with Gasteiger partial charge in [0.2, 0.25) is 23.6 Å². The minimum atomic E-state index is -5.53. The van der Waals surface area contributed by atoms with Crippen molar-refractivity contribution in [1.29, 1.82) is 0 Å². The van der Waals surface area contributed by atoms with Crippen LogP contribution in [0, 0.1) is 0 Å². The number of hydrogen-bond donors (Lipinski definition) is 31. The summed E-state index contributed by atoms with van der Waals surface area (Å²) in [6.07, 6.45) is -98.5. The standard InChI is InChI=1S/C68H114N4O53S/c1-15-33(83)43(93)48(98)63(109-15)106-13-27-54(39(89)29(59(102)110-27)69-16(2)79)119-60-30(70-17(3)80)40(90)53(25(11-78)115-60)121-66-51(101)56(123-68-58(47(97)37(87)23(9-76)114-68)125-62-32(72-19(5)82)42(92)55(28(118-62)14-108-126(103,104)105)122-65-50(100)45(95)35(85)21(7-74)112-65)38(88)26(117-66)12-107-67-57(46(96)36(86)22(8-75)113-67)124-61-31(71-18(4)81)41(91)52(24(10-77)116-61)120-64-49(99)44(94)34(84)20(6-73)111-64/h15,20-68,73-78,83-102H,6-14H2,1-5H3,(H,69,79)(H,70,80)(H,71,81)(H,72,82)(H,103,104,105)/t15-,20+,21+,22+,23+,24+,25+,26+,27+,28+,29+,30+,31+,32-,33+,34-,35-,36+,37+,38+,39+,40+,41+,42+,43+,44-,45-,46-,47-,48-,49+,50+,51-,52+,53+,54+,55+,56-,57-,58-,59+,60-,61-,62-,63+,64-,65-,66-,67-,68+/m0/s1. The van der Waals surface area contributed by atoms with Crippen molar-refractivity contribution in [3.8, 4) is 0 Å². The summed E-state index contributed by atoms with van der Waals surface area (Å²) in [6.45, 7) is -5.59. The maximum Gasteiger partial charge on any atom is 0.397 e.